The number of aryl methyl sites for hydroxylation is 1. The molecule has 2 aliphatic rings. The number of aliphatic imine (C=N–C) groups is 2. The van der Waals surface area contributed by atoms with Crippen LogP contribution in [0.1, 0.15) is 28.1 Å². The van der Waals surface area contributed by atoms with Gasteiger partial charge in [0.1, 0.15) is 17.9 Å². The summed E-state index contributed by atoms with van der Waals surface area (Å²) in [7, 11) is 2.05. The monoisotopic (exact) mass is 365 g/mol. The smallest absolute Gasteiger partial charge is 0.255 e. The molecule has 0 atom stereocenters. The Kier molecular flexibility index (Phi) is 4.66. The van der Waals surface area contributed by atoms with E-state index in [1.54, 1.807) is 13.3 Å². The van der Waals surface area contributed by atoms with E-state index in [4.69, 9.17) is 4.42 Å². The van der Waals surface area contributed by atoms with Crippen molar-refractivity contribution < 1.29 is 9.21 Å². The fraction of sp³-hybridized carbons (Fsp3) is 0.350. The third-order valence-corrected chi connectivity index (χ3v) is 4.86. The van der Waals surface area contributed by atoms with Crippen LogP contribution in [0.4, 0.5) is 11.6 Å². The maximum Gasteiger partial charge on any atom is 0.255 e. The molecule has 7 nitrogen and oxygen atoms in total. The van der Waals surface area contributed by atoms with Gasteiger partial charge in [0.05, 0.1) is 17.7 Å². The first-order valence-corrected chi connectivity index (χ1v) is 9.18. The van der Waals surface area contributed by atoms with E-state index in [0.29, 0.717) is 35.9 Å². The van der Waals surface area contributed by atoms with E-state index < -0.39 is 0 Å². The van der Waals surface area contributed by atoms with Gasteiger partial charge >= 0.3 is 0 Å². The van der Waals surface area contributed by atoms with Crippen molar-refractivity contribution in [1.82, 2.24) is 10.2 Å². The van der Waals surface area contributed by atoms with Gasteiger partial charge < -0.3 is 19.5 Å². The van der Waals surface area contributed by atoms with Crippen LogP contribution in [0.5, 0.6) is 0 Å². The average Bonchev–Trinajstić information content (AvgIpc) is 3.28. The molecule has 1 aromatic heterocycles. The first-order valence-electron chi connectivity index (χ1n) is 9.18. The summed E-state index contributed by atoms with van der Waals surface area (Å²) in [6, 6.07) is 10.2. The molecule has 4 rings (SSSR count). The normalized spacial score (nSPS) is 14.6. The Balaban J connectivity index is 1.39. The number of amides is 1. The summed E-state index contributed by atoms with van der Waals surface area (Å²) in [5.41, 5.74) is 2.43. The topological polar surface area (TPSA) is 73.4 Å². The summed E-state index contributed by atoms with van der Waals surface area (Å²) in [5.74, 6) is 1.70. The number of amidine groups is 1. The van der Waals surface area contributed by atoms with Crippen LogP contribution in [0, 0.1) is 6.92 Å². The lowest BCUT2D eigenvalue weighted by molar-refractivity contribution is 0.0951. The number of nitrogens with one attached hydrogen (secondary N) is 1. The first-order chi connectivity index (χ1) is 13.1. The molecule has 0 fully saturated rings. The highest BCUT2D eigenvalue weighted by atomic mass is 16.4. The molecule has 0 aliphatic carbocycles. The molecule has 0 bridgehead atoms. The summed E-state index contributed by atoms with van der Waals surface area (Å²) in [4.78, 5) is 25.8. The standard InChI is InChI=1S/C20H23N5O2/c1-14-16(17-18-21-10-12-25(18)13-23-20(17)27-14)19(26)22-9-6-11-24(2)15-7-4-3-5-8-15/h3-5,7-8,13H,6,9-12H2,1-2H3,(H,22,26). The average molecular weight is 365 g/mol. The zero-order chi connectivity index (χ0) is 18.8. The number of benzene rings is 1. The van der Waals surface area contributed by atoms with Gasteiger partial charge in [-0.3, -0.25) is 9.79 Å². The quantitative estimate of drug-likeness (QED) is 0.799. The molecule has 0 saturated heterocycles. The van der Waals surface area contributed by atoms with Gasteiger partial charge in [-0.2, -0.15) is 0 Å². The number of hydrogen-bond donors (Lipinski definition) is 1. The summed E-state index contributed by atoms with van der Waals surface area (Å²) in [6.45, 7) is 4.74. The van der Waals surface area contributed by atoms with Gasteiger partial charge in [-0.1, -0.05) is 18.2 Å². The van der Waals surface area contributed by atoms with E-state index in [0.717, 1.165) is 25.3 Å². The van der Waals surface area contributed by atoms with Crippen molar-refractivity contribution in [3.8, 4) is 0 Å². The van der Waals surface area contributed by atoms with E-state index in [-0.39, 0.29) is 5.91 Å². The minimum Gasteiger partial charge on any atom is -0.442 e. The van der Waals surface area contributed by atoms with Crippen molar-refractivity contribution in [2.45, 2.75) is 13.3 Å². The molecular weight excluding hydrogens is 342 g/mol. The van der Waals surface area contributed by atoms with E-state index in [2.05, 4.69) is 39.4 Å². The van der Waals surface area contributed by atoms with Crippen LogP contribution in [0.3, 0.4) is 0 Å². The van der Waals surface area contributed by atoms with Crippen LogP contribution in [0.15, 0.2) is 44.7 Å². The molecule has 0 saturated carbocycles. The zero-order valence-electron chi connectivity index (χ0n) is 15.6. The Hall–Kier alpha value is -3.09. The molecule has 0 unspecified atom stereocenters. The predicted octanol–water partition coefficient (Wildman–Crippen LogP) is 2.58. The Labute approximate surface area is 158 Å². The second-order valence-corrected chi connectivity index (χ2v) is 6.72. The molecule has 2 aliphatic heterocycles. The molecule has 2 aromatic rings. The minimum atomic E-state index is -0.133. The van der Waals surface area contributed by atoms with Crippen molar-refractivity contribution in [2.75, 3.05) is 38.1 Å². The van der Waals surface area contributed by atoms with Crippen molar-refractivity contribution >= 4 is 29.7 Å². The summed E-state index contributed by atoms with van der Waals surface area (Å²) in [5, 5.41) is 3.01. The lowest BCUT2D eigenvalue weighted by Gasteiger charge is -2.19. The minimum absolute atomic E-state index is 0.133. The van der Waals surface area contributed by atoms with Crippen molar-refractivity contribution in [1.29, 1.82) is 0 Å². The summed E-state index contributed by atoms with van der Waals surface area (Å²) in [6.07, 6.45) is 2.57. The van der Waals surface area contributed by atoms with Gasteiger partial charge in [-0.25, -0.2) is 4.99 Å². The Morgan fingerprint density at radius 2 is 2.15 bits per heavy atom. The fourth-order valence-corrected chi connectivity index (χ4v) is 3.44. The molecular formula is C20H23N5O2. The molecule has 0 radical (unpaired) electrons. The number of furan rings is 1. The highest BCUT2D eigenvalue weighted by molar-refractivity contribution is 6.17. The van der Waals surface area contributed by atoms with Gasteiger partial charge in [0.2, 0.25) is 5.88 Å². The Bertz CT molecular complexity index is 901. The molecule has 7 heteroatoms. The maximum atomic E-state index is 12.8. The number of carbonyl (C=O) groups is 1. The van der Waals surface area contributed by atoms with Gasteiger partial charge in [-0.05, 0) is 25.5 Å². The fourth-order valence-electron chi connectivity index (χ4n) is 3.44. The van der Waals surface area contributed by atoms with Crippen LogP contribution in [0.2, 0.25) is 0 Å². The molecule has 1 aromatic carbocycles. The Morgan fingerprint density at radius 1 is 1.33 bits per heavy atom. The van der Waals surface area contributed by atoms with Gasteiger partial charge in [0, 0.05) is 32.4 Å². The molecule has 1 amide bonds. The molecule has 1 N–H and O–H groups in total. The largest absolute Gasteiger partial charge is 0.442 e. The van der Waals surface area contributed by atoms with Gasteiger partial charge in [0.25, 0.3) is 5.91 Å². The second-order valence-electron chi connectivity index (χ2n) is 6.72. The number of carbonyl (C=O) groups excluding carboxylic acids is 1. The van der Waals surface area contributed by atoms with Crippen molar-refractivity contribution in [3.63, 3.8) is 0 Å². The highest BCUT2D eigenvalue weighted by Crippen LogP contribution is 2.34. The van der Waals surface area contributed by atoms with Gasteiger partial charge in [-0.15, -0.1) is 0 Å². The maximum absolute atomic E-state index is 12.8. The number of para-hydroxylation sites is 1. The Morgan fingerprint density at radius 3 is 2.96 bits per heavy atom. The van der Waals surface area contributed by atoms with Crippen molar-refractivity contribution in [2.24, 2.45) is 9.98 Å². The van der Waals surface area contributed by atoms with Crippen LogP contribution >= 0.6 is 0 Å². The predicted molar refractivity (Wildman–Crippen MR) is 106 cm³/mol. The third-order valence-electron chi connectivity index (χ3n) is 4.86. The van der Waals surface area contributed by atoms with Gasteiger partial charge in [0.15, 0.2) is 0 Å². The van der Waals surface area contributed by atoms with Crippen LogP contribution < -0.4 is 10.2 Å². The highest BCUT2D eigenvalue weighted by Gasteiger charge is 2.33. The molecule has 27 heavy (non-hydrogen) atoms. The van der Waals surface area contributed by atoms with E-state index in [1.807, 2.05) is 23.1 Å². The molecule has 3 heterocycles. The van der Waals surface area contributed by atoms with Crippen LogP contribution in [-0.2, 0) is 0 Å². The van der Waals surface area contributed by atoms with Crippen molar-refractivity contribution in [3.05, 3.63) is 47.2 Å². The lowest BCUT2D eigenvalue weighted by Crippen LogP contribution is -2.33. The molecule has 0 spiro atoms. The van der Waals surface area contributed by atoms with E-state index in [1.165, 1.54) is 5.69 Å². The summed E-state index contributed by atoms with van der Waals surface area (Å²) >= 11 is 0. The molecule has 140 valence electrons. The number of rotatable bonds is 6. The number of hydrogen-bond acceptors (Lipinski definition) is 6. The zero-order valence-corrected chi connectivity index (χ0v) is 15.6. The lowest BCUT2D eigenvalue weighted by atomic mass is 10.1. The number of anilines is 1. The third kappa shape index (κ3) is 3.32. The van der Waals surface area contributed by atoms with E-state index >= 15 is 0 Å². The van der Waals surface area contributed by atoms with Crippen LogP contribution in [0.25, 0.3) is 0 Å². The van der Waals surface area contributed by atoms with E-state index in [9.17, 15) is 4.79 Å². The van der Waals surface area contributed by atoms with Crippen LogP contribution in [-0.4, -0.2) is 56.2 Å². The second kappa shape index (κ2) is 7.26. The summed E-state index contributed by atoms with van der Waals surface area (Å²) < 4.78 is 5.69. The first kappa shape index (κ1) is 17.3. The number of nitrogens with zero attached hydrogens (tertiary/aromatic N) is 4. The number of fused-ring (bicyclic) bond motifs is 3. The SMILES string of the molecule is Cc1oc2c(c1C(=O)NCCCN(C)c1ccccc1)C1=NCCN1C=N2.